The van der Waals surface area contributed by atoms with E-state index in [0.717, 1.165) is 32.3 Å². The molecule has 0 aliphatic heterocycles. The first-order valence-electron chi connectivity index (χ1n) is 22.8. The molecule has 9 aromatic rings. The van der Waals surface area contributed by atoms with Gasteiger partial charge in [0.1, 0.15) is 0 Å². The molecular weight excluding hydrogens is 865 g/mol. The molecule has 4 aliphatic rings. The van der Waals surface area contributed by atoms with Crippen LogP contribution in [0.25, 0.3) is 66.1 Å². The number of ketones is 3. The van der Waals surface area contributed by atoms with E-state index in [1.807, 2.05) is 54.6 Å². The molecule has 12 nitrogen and oxygen atoms in total. The van der Waals surface area contributed by atoms with Gasteiger partial charge < -0.3 is 16.0 Å². The first-order valence-corrected chi connectivity index (χ1v) is 22.8. The van der Waals surface area contributed by atoms with Crippen LogP contribution in [0.4, 0.5) is 17.1 Å². The van der Waals surface area contributed by atoms with Crippen LogP contribution < -0.4 is 16.0 Å². The highest BCUT2D eigenvalue weighted by Crippen LogP contribution is 2.43. The van der Waals surface area contributed by atoms with Crippen molar-refractivity contribution in [3.8, 4) is 33.8 Å². The van der Waals surface area contributed by atoms with E-state index in [1.54, 1.807) is 91.4 Å². The Morgan fingerprint density at radius 2 is 0.667 bits per heavy atom. The molecule has 12 heteroatoms. The van der Waals surface area contributed by atoms with Gasteiger partial charge in [-0.2, -0.15) is 0 Å². The molecule has 13 rings (SSSR count). The van der Waals surface area contributed by atoms with Crippen LogP contribution in [0.3, 0.4) is 0 Å². The summed E-state index contributed by atoms with van der Waals surface area (Å²) in [5.41, 5.74) is 8.05. The lowest BCUT2D eigenvalue weighted by molar-refractivity contribution is -0.129. The minimum atomic E-state index is -0.797. The molecule has 0 saturated heterocycles. The van der Waals surface area contributed by atoms with Crippen molar-refractivity contribution in [2.45, 2.75) is 19.3 Å². The number of aromatic nitrogens is 3. The number of benzene rings is 6. The fourth-order valence-electron chi connectivity index (χ4n) is 11.0. The van der Waals surface area contributed by atoms with Crippen molar-refractivity contribution in [2.75, 3.05) is 16.0 Å². The molecule has 3 aromatic heterocycles. The van der Waals surface area contributed by atoms with E-state index in [1.165, 1.54) is 0 Å². The second-order valence-electron chi connectivity index (χ2n) is 18.2. The van der Waals surface area contributed by atoms with Crippen LogP contribution in [-0.2, 0) is 14.4 Å². The third-order valence-corrected chi connectivity index (χ3v) is 14.3. The molecule has 0 spiro atoms. The number of rotatable bonds is 6. The number of fused-ring (bicyclic) bond motifs is 6. The molecule has 0 unspecified atom stereocenters. The van der Waals surface area contributed by atoms with Crippen LogP contribution in [0.5, 0.6) is 0 Å². The number of anilines is 3. The summed E-state index contributed by atoms with van der Waals surface area (Å²) in [6.45, 7) is 0. The molecule has 6 aromatic carbocycles. The number of hydrogen-bond acceptors (Lipinski definition) is 9. The largest absolute Gasteiger partial charge is 0.326 e. The molecule has 0 bridgehead atoms. The first kappa shape index (κ1) is 40.3. The van der Waals surface area contributed by atoms with E-state index in [0.29, 0.717) is 84.2 Å². The van der Waals surface area contributed by atoms with Gasteiger partial charge in [-0.3, -0.25) is 43.7 Å². The van der Waals surface area contributed by atoms with Gasteiger partial charge in [-0.05, 0) is 108 Å². The zero-order chi connectivity index (χ0) is 46.7. The second-order valence-corrected chi connectivity index (χ2v) is 18.2. The van der Waals surface area contributed by atoms with E-state index in [9.17, 15) is 28.8 Å². The average molecular weight is 901 g/mol. The Hall–Kier alpha value is -9.03. The van der Waals surface area contributed by atoms with E-state index in [2.05, 4.69) is 30.9 Å². The molecule has 1 saturated carbocycles. The summed E-state index contributed by atoms with van der Waals surface area (Å²) >= 11 is 0. The Balaban J connectivity index is 0.796. The number of nitrogens with zero attached hydrogens (tertiary/aromatic N) is 3. The Morgan fingerprint density at radius 3 is 0.971 bits per heavy atom. The van der Waals surface area contributed by atoms with E-state index < -0.39 is 35.5 Å². The van der Waals surface area contributed by atoms with Gasteiger partial charge in [-0.25, -0.2) is 0 Å². The highest BCUT2D eigenvalue weighted by Gasteiger charge is 2.40. The topological polar surface area (TPSA) is 177 Å². The zero-order valence-corrected chi connectivity index (χ0v) is 36.5. The Kier molecular flexibility index (Phi) is 8.90. The van der Waals surface area contributed by atoms with Gasteiger partial charge in [-0.15, -0.1) is 0 Å². The van der Waals surface area contributed by atoms with Crippen LogP contribution in [0.2, 0.25) is 0 Å². The average Bonchev–Trinajstić information content (AvgIpc) is 3.38. The van der Waals surface area contributed by atoms with Crippen molar-refractivity contribution in [3.05, 3.63) is 179 Å². The fraction of sp³-hybridized carbons (Fsp3) is 0.105. The molecule has 330 valence electrons. The molecule has 3 amide bonds. The summed E-state index contributed by atoms with van der Waals surface area (Å²) in [6, 6.07) is 37.8. The van der Waals surface area contributed by atoms with Crippen LogP contribution >= 0.6 is 0 Å². The maximum absolute atomic E-state index is 14.4. The predicted molar refractivity (Wildman–Crippen MR) is 262 cm³/mol. The van der Waals surface area contributed by atoms with Crippen molar-refractivity contribution >= 4 is 84.5 Å². The lowest BCUT2D eigenvalue weighted by Crippen LogP contribution is -2.40. The minimum Gasteiger partial charge on any atom is -0.326 e. The molecule has 1 fully saturated rings. The highest BCUT2D eigenvalue weighted by molar-refractivity contribution is 6.28. The number of nitrogens with one attached hydrogen (secondary N) is 3. The zero-order valence-electron chi connectivity index (χ0n) is 36.5. The van der Waals surface area contributed by atoms with Gasteiger partial charge in [-0.1, -0.05) is 54.6 Å². The van der Waals surface area contributed by atoms with Gasteiger partial charge in [0, 0.05) is 120 Å². The Bertz CT molecular complexity index is 3440. The maximum Gasteiger partial charge on any atom is 0.227 e. The summed E-state index contributed by atoms with van der Waals surface area (Å²) in [7, 11) is 0. The summed E-state index contributed by atoms with van der Waals surface area (Å²) in [5.74, 6) is -4.16. The third-order valence-electron chi connectivity index (χ3n) is 14.3. The second kappa shape index (κ2) is 15.3. The predicted octanol–water partition coefficient (Wildman–Crippen LogP) is 10.2. The van der Waals surface area contributed by atoms with Crippen molar-refractivity contribution in [2.24, 2.45) is 17.8 Å². The van der Waals surface area contributed by atoms with Gasteiger partial charge in [0.05, 0.1) is 17.1 Å². The van der Waals surface area contributed by atoms with Crippen LogP contribution in [0, 0.1) is 17.8 Å². The first-order chi connectivity index (χ1) is 33.7. The molecule has 69 heavy (non-hydrogen) atoms. The van der Waals surface area contributed by atoms with E-state index in [4.69, 9.17) is 0 Å². The normalized spacial score (nSPS) is 17.2. The minimum absolute atomic E-state index is 0.124. The molecule has 0 radical (unpaired) electrons. The number of carbonyl (C=O) groups excluding carboxylic acids is 6. The van der Waals surface area contributed by atoms with Gasteiger partial charge in [0.25, 0.3) is 0 Å². The summed E-state index contributed by atoms with van der Waals surface area (Å²) in [4.78, 5) is 98.7. The van der Waals surface area contributed by atoms with Crippen molar-refractivity contribution < 1.29 is 28.8 Å². The quantitative estimate of drug-likeness (QED) is 0.147. The number of pyridine rings is 3. The van der Waals surface area contributed by atoms with E-state index >= 15 is 0 Å². The summed E-state index contributed by atoms with van der Waals surface area (Å²) in [5, 5.41) is 14.1. The smallest absolute Gasteiger partial charge is 0.227 e. The monoisotopic (exact) mass is 900 g/mol. The highest BCUT2D eigenvalue weighted by atomic mass is 16.2. The Morgan fingerprint density at radius 1 is 0.362 bits per heavy atom. The van der Waals surface area contributed by atoms with Crippen molar-refractivity contribution in [3.63, 3.8) is 0 Å². The van der Waals surface area contributed by atoms with Gasteiger partial charge >= 0.3 is 0 Å². The Labute approximate surface area is 392 Å². The molecule has 4 aliphatic carbocycles. The van der Waals surface area contributed by atoms with Crippen LogP contribution in [-0.4, -0.2) is 50.0 Å². The third kappa shape index (κ3) is 6.32. The van der Waals surface area contributed by atoms with E-state index in [-0.39, 0.29) is 36.6 Å². The molecule has 3 N–H and O–H groups in total. The molecular formula is C57H36N6O6. The molecule has 3 heterocycles. The van der Waals surface area contributed by atoms with Gasteiger partial charge in [0.2, 0.25) is 17.7 Å². The lowest BCUT2D eigenvalue weighted by Gasteiger charge is -2.33. The van der Waals surface area contributed by atoms with Crippen molar-refractivity contribution in [1.29, 1.82) is 0 Å². The summed E-state index contributed by atoms with van der Waals surface area (Å²) in [6.07, 6.45) is 5.51. The van der Waals surface area contributed by atoms with Crippen LogP contribution in [0.15, 0.2) is 146 Å². The number of hydrogen-bond donors (Lipinski definition) is 3. The van der Waals surface area contributed by atoms with Crippen LogP contribution in [0.1, 0.15) is 67.0 Å². The SMILES string of the molecule is O=C1c2cc(NC(=O)C3CC(C(=O)Nc4ccc5c(c4)C(=O)c4cccc6ccnc-5c46)CC(C(=O)Nc4ccc5c(c4)C(=O)c4cccc6ccnc-5c46)C3)ccc2-c2nccc3cccc1c23. The molecule has 0 atom stereocenters. The fourth-order valence-corrected chi connectivity index (χ4v) is 11.0. The van der Waals surface area contributed by atoms with Gasteiger partial charge in [0.15, 0.2) is 17.3 Å². The summed E-state index contributed by atoms with van der Waals surface area (Å²) < 4.78 is 0. The number of amides is 3. The lowest BCUT2D eigenvalue weighted by atomic mass is 9.73. The van der Waals surface area contributed by atoms with Crippen molar-refractivity contribution in [1.82, 2.24) is 15.0 Å². The number of carbonyl (C=O) groups is 6. The maximum atomic E-state index is 14.4. The standard InChI is InChI=1S/C57H36N6O6/c64-52-40-7-1-4-28-16-19-58-49(46(28)40)37-13-10-34(25-43(37)52)61-55(67)31-22-32(56(68)62-35-11-14-38-44(26-35)53(65)41-8-2-5-29-17-20-59-50(38)47(29)41)24-33(23-31)57(69)63-36-12-15-39-45(27-36)54(66)42-9-3-6-30-18-21-60-51(39)48(30)42/h1-21,25-27,31-33H,22-24H2,(H,61,67)(H,62,68)(H,63,69).